The third-order valence-electron chi connectivity index (χ3n) is 3.24. The SMILES string of the molecule is CCC(CC)N=Cc1cccc([Si](C)(C)C)c1O. The molecule has 1 rings (SSSR count). The molecule has 100 valence electrons. The van der Waals surface area contributed by atoms with Crippen molar-refractivity contribution < 1.29 is 5.11 Å². The fourth-order valence-corrected chi connectivity index (χ4v) is 3.41. The molecule has 0 atom stereocenters. The van der Waals surface area contributed by atoms with Gasteiger partial charge in [0.2, 0.25) is 0 Å². The van der Waals surface area contributed by atoms with Crippen LogP contribution in [0.4, 0.5) is 0 Å². The van der Waals surface area contributed by atoms with Crippen LogP contribution < -0.4 is 5.19 Å². The predicted molar refractivity (Wildman–Crippen MR) is 83.1 cm³/mol. The topological polar surface area (TPSA) is 32.6 Å². The molecule has 0 aromatic heterocycles. The molecule has 1 N–H and O–H groups in total. The zero-order chi connectivity index (χ0) is 13.8. The van der Waals surface area contributed by atoms with E-state index in [9.17, 15) is 5.11 Å². The molecule has 0 aliphatic rings. The van der Waals surface area contributed by atoms with Crippen LogP contribution in [0.1, 0.15) is 32.3 Å². The molecule has 0 heterocycles. The van der Waals surface area contributed by atoms with Gasteiger partial charge < -0.3 is 5.11 Å². The minimum Gasteiger partial charge on any atom is -0.507 e. The lowest BCUT2D eigenvalue weighted by molar-refractivity contribution is 0.478. The van der Waals surface area contributed by atoms with Crippen molar-refractivity contribution >= 4 is 19.5 Å². The van der Waals surface area contributed by atoms with Gasteiger partial charge in [-0.15, -0.1) is 0 Å². The number of phenolic OH excluding ortho intramolecular Hbond substituents is 1. The number of para-hydroxylation sites is 1. The maximum atomic E-state index is 10.3. The van der Waals surface area contributed by atoms with Crippen LogP contribution in [0.3, 0.4) is 0 Å². The number of rotatable bonds is 5. The van der Waals surface area contributed by atoms with E-state index in [1.807, 2.05) is 24.4 Å². The Morgan fingerprint density at radius 2 is 1.83 bits per heavy atom. The van der Waals surface area contributed by atoms with Gasteiger partial charge in [-0.1, -0.05) is 45.6 Å². The summed E-state index contributed by atoms with van der Waals surface area (Å²) in [6.45, 7) is 11.0. The van der Waals surface area contributed by atoms with Gasteiger partial charge in [0.05, 0.1) is 8.07 Å². The van der Waals surface area contributed by atoms with E-state index in [2.05, 4.69) is 38.5 Å². The van der Waals surface area contributed by atoms with E-state index in [0.717, 1.165) is 23.6 Å². The molecule has 0 aliphatic carbocycles. The van der Waals surface area contributed by atoms with Gasteiger partial charge in [-0.05, 0) is 24.1 Å². The number of hydrogen-bond donors (Lipinski definition) is 1. The first kappa shape index (κ1) is 15.0. The first-order valence-electron chi connectivity index (χ1n) is 6.75. The van der Waals surface area contributed by atoms with Crippen molar-refractivity contribution in [3.63, 3.8) is 0 Å². The Kier molecular flexibility index (Phi) is 5.14. The molecule has 0 bridgehead atoms. The quantitative estimate of drug-likeness (QED) is 0.639. The van der Waals surface area contributed by atoms with Crippen LogP contribution >= 0.6 is 0 Å². The number of aromatic hydroxyl groups is 1. The van der Waals surface area contributed by atoms with Crippen LogP contribution in [0.5, 0.6) is 5.75 Å². The summed E-state index contributed by atoms with van der Waals surface area (Å²) in [6, 6.07) is 6.35. The van der Waals surface area contributed by atoms with Gasteiger partial charge in [-0.25, -0.2) is 0 Å². The van der Waals surface area contributed by atoms with Crippen molar-refractivity contribution in [2.45, 2.75) is 52.4 Å². The standard InChI is InChI=1S/C15H25NOSi/c1-6-13(7-2)16-11-12-9-8-10-14(15(12)17)18(3,4)5/h8-11,13,17H,6-7H2,1-5H3. The number of benzene rings is 1. The summed E-state index contributed by atoms with van der Waals surface area (Å²) in [5.41, 5.74) is 0.849. The van der Waals surface area contributed by atoms with Gasteiger partial charge in [0, 0.05) is 17.8 Å². The molecule has 0 saturated heterocycles. The van der Waals surface area contributed by atoms with Gasteiger partial charge in [-0.3, -0.25) is 4.99 Å². The maximum Gasteiger partial charge on any atom is 0.123 e. The Bertz CT molecular complexity index is 417. The molecule has 0 spiro atoms. The van der Waals surface area contributed by atoms with Crippen LogP contribution in [0.15, 0.2) is 23.2 Å². The molecule has 0 amide bonds. The lowest BCUT2D eigenvalue weighted by atomic mass is 10.1. The minimum absolute atomic E-state index is 0.361. The van der Waals surface area contributed by atoms with E-state index in [4.69, 9.17) is 0 Å². The van der Waals surface area contributed by atoms with E-state index >= 15 is 0 Å². The van der Waals surface area contributed by atoms with Gasteiger partial charge in [0.25, 0.3) is 0 Å². The molecule has 0 saturated carbocycles. The first-order chi connectivity index (χ1) is 8.40. The molecule has 2 nitrogen and oxygen atoms in total. The molecular formula is C15H25NOSi. The Morgan fingerprint density at radius 1 is 1.22 bits per heavy atom. The maximum absolute atomic E-state index is 10.3. The molecular weight excluding hydrogens is 238 g/mol. The molecule has 1 aromatic carbocycles. The van der Waals surface area contributed by atoms with Gasteiger partial charge in [0.1, 0.15) is 5.75 Å². The van der Waals surface area contributed by atoms with Crippen LogP contribution in [0.25, 0.3) is 0 Å². The fraction of sp³-hybridized carbons (Fsp3) is 0.533. The fourth-order valence-electron chi connectivity index (χ4n) is 1.96. The Morgan fingerprint density at radius 3 is 2.33 bits per heavy atom. The summed E-state index contributed by atoms with van der Waals surface area (Å²) in [4.78, 5) is 4.55. The predicted octanol–water partition coefficient (Wildman–Crippen LogP) is 3.54. The number of phenols is 1. The average Bonchev–Trinajstić information content (AvgIpc) is 2.30. The van der Waals surface area contributed by atoms with Crippen molar-refractivity contribution in [3.05, 3.63) is 23.8 Å². The average molecular weight is 263 g/mol. The zero-order valence-electron chi connectivity index (χ0n) is 12.2. The Hall–Kier alpha value is -1.09. The first-order valence-corrected chi connectivity index (χ1v) is 10.3. The summed E-state index contributed by atoms with van der Waals surface area (Å²) < 4.78 is 0. The molecule has 0 aliphatic heterocycles. The second-order valence-electron chi connectivity index (χ2n) is 5.74. The van der Waals surface area contributed by atoms with Gasteiger partial charge >= 0.3 is 0 Å². The third-order valence-corrected chi connectivity index (χ3v) is 5.26. The molecule has 0 fully saturated rings. The summed E-state index contributed by atoms with van der Waals surface area (Å²) in [5.74, 6) is 0.423. The van der Waals surface area contributed by atoms with E-state index < -0.39 is 8.07 Å². The number of hydrogen-bond acceptors (Lipinski definition) is 2. The minimum atomic E-state index is -1.49. The van der Waals surface area contributed by atoms with Gasteiger partial charge in [-0.2, -0.15) is 0 Å². The highest BCUT2D eigenvalue weighted by atomic mass is 28.3. The highest BCUT2D eigenvalue weighted by Crippen LogP contribution is 2.17. The highest BCUT2D eigenvalue weighted by molar-refractivity contribution is 6.89. The summed E-state index contributed by atoms with van der Waals surface area (Å²) >= 11 is 0. The van der Waals surface area contributed by atoms with Crippen LogP contribution in [0.2, 0.25) is 19.6 Å². The smallest absolute Gasteiger partial charge is 0.123 e. The highest BCUT2D eigenvalue weighted by Gasteiger charge is 2.21. The molecule has 0 unspecified atom stereocenters. The molecule has 1 aromatic rings. The van der Waals surface area contributed by atoms with Crippen molar-refractivity contribution in [2.75, 3.05) is 0 Å². The summed E-state index contributed by atoms with van der Waals surface area (Å²) in [6.07, 6.45) is 3.92. The molecule has 18 heavy (non-hydrogen) atoms. The van der Waals surface area contributed by atoms with Crippen LogP contribution in [-0.2, 0) is 0 Å². The lowest BCUT2D eigenvalue weighted by Gasteiger charge is -2.19. The van der Waals surface area contributed by atoms with E-state index in [0.29, 0.717) is 11.8 Å². The van der Waals surface area contributed by atoms with E-state index in [-0.39, 0.29) is 0 Å². The second-order valence-corrected chi connectivity index (χ2v) is 10.8. The number of nitrogens with zero attached hydrogens (tertiary/aromatic N) is 1. The Balaban J connectivity index is 3.05. The van der Waals surface area contributed by atoms with Gasteiger partial charge in [0.15, 0.2) is 0 Å². The monoisotopic (exact) mass is 263 g/mol. The zero-order valence-corrected chi connectivity index (χ0v) is 13.2. The largest absolute Gasteiger partial charge is 0.507 e. The van der Waals surface area contributed by atoms with E-state index in [1.165, 1.54) is 0 Å². The van der Waals surface area contributed by atoms with Crippen LogP contribution in [0, 0.1) is 0 Å². The lowest BCUT2D eigenvalue weighted by Crippen LogP contribution is -2.38. The second kappa shape index (κ2) is 6.18. The third kappa shape index (κ3) is 3.70. The number of aliphatic imine (C=N–C) groups is 1. The normalized spacial score (nSPS) is 12.6. The summed E-state index contributed by atoms with van der Waals surface area (Å²) in [7, 11) is -1.49. The van der Waals surface area contributed by atoms with Crippen LogP contribution in [-0.4, -0.2) is 25.4 Å². The van der Waals surface area contributed by atoms with E-state index in [1.54, 1.807) is 0 Å². The molecule has 0 radical (unpaired) electrons. The van der Waals surface area contributed by atoms with Crippen molar-refractivity contribution in [1.82, 2.24) is 0 Å². The van der Waals surface area contributed by atoms with Crippen molar-refractivity contribution in [1.29, 1.82) is 0 Å². The summed E-state index contributed by atoms with van der Waals surface area (Å²) in [5, 5.41) is 11.4. The van der Waals surface area contributed by atoms with Crippen molar-refractivity contribution in [2.24, 2.45) is 4.99 Å². The van der Waals surface area contributed by atoms with Crippen molar-refractivity contribution in [3.8, 4) is 5.75 Å². The molecule has 3 heteroatoms. The Labute approximate surface area is 112 Å².